The molecule has 0 saturated carbocycles. The van der Waals surface area contributed by atoms with Crippen LogP contribution in [0.3, 0.4) is 0 Å². The van der Waals surface area contributed by atoms with E-state index in [4.69, 9.17) is 4.74 Å². The Morgan fingerprint density at radius 3 is 2.59 bits per heavy atom. The van der Waals surface area contributed by atoms with Gasteiger partial charge in [-0.05, 0) is 38.1 Å². The summed E-state index contributed by atoms with van der Waals surface area (Å²) in [5.41, 5.74) is 0.970. The van der Waals surface area contributed by atoms with Crippen LogP contribution in [-0.2, 0) is 0 Å². The molecule has 1 atom stereocenters. The fourth-order valence-corrected chi connectivity index (χ4v) is 3.99. The van der Waals surface area contributed by atoms with Crippen molar-refractivity contribution in [2.45, 2.75) is 18.9 Å². The van der Waals surface area contributed by atoms with Gasteiger partial charge in [0.15, 0.2) is 5.69 Å². The fourth-order valence-electron chi connectivity index (χ4n) is 3.99. The van der Waals surface area contributed by atoms with Gasteiger partial charge in [-0.3, -0.25) is 14.5 Å². The van der Waals surface area contributed by atoms with Crippen LogP contribution in [0.2, 0.25) is 0 Å². The number of nitrogens with one attached hydrogen (secondary N) is 2. The Balaban J connectivity index is 1.60. The molecule has 0 bridgehead atoms. The lowest BCUT2D eigenvalue weighted by Crippen LogP contribution is -2.37. The van der Waals surface area contributed by atoms with E-state index in [0.29, 0.717) is 17.3 Å². The van der Waals surface area contributed by atoms with Crippen molar-refractivity contribution >= 4 is 16.7 Å². The third kappa shape index (κ3) is 3.86. The minimum atomic E-state index is -0.309. The SMILES string of the molecule is COc1ccccc1C(CNC(=O)c1n[nH]c(=O)c2ccccc12)N1CCCC1. The minimum absolute atomic E-state index is 0.00613. The zero-order valence-corrected chi connectivity index (χ0v) is 16.4. The Kier molecular flexibility index (Phi) is 5.57. The summed E-state index contributed by atoms with van der Waals surface area (Å²) in [6.07, 6.45) is 2.29. The summed E-state index contributed by atoms with van der Waals surface area (Å²) in [5.74, 6) is 0.503. The van der Waals surface area contributed by atoms with Crippen LogP contribution >= 0.6 is 0 Å². The third-order valence-electron chi connectivity index (χ3n) is 5.45. The lowest BCUT2D eigenvalue weighted by molar-refractivity contribution is 0.0933. The maximum Gasteiger partial charge on any atom is 0.272 e. The Bertz CT molecular complexity index is 1070. The van der Waals surface area contributed by atoms with Crippen LogP contribution in [0, 0.1) is 0 Å². The van der Waals surface area contributed by atoms with E-state index in [2.05, 4.69) is 20.4 Å². The lowest BCUT2D eigenvalue weighted by Gasteiger charge is -2.29. The predicted molar refractivity (Wildman–Crippen MR) is 111 cm³/mol. The number of benzene rings is 2. The summed E-state index contributed by atoms with van der Waals surface area (Å²) >= 11 is 0. The zero-order chi connectivity index (χ0) is 20.2. The van der Waals surface area contributed by atoms with E-state index in [1.165, 1.54) is 0 Å². The normalized spacial score (nSPS) is 15.3. The molecular formula is C22H24N4O3. The molecule has 2 heterocycles. The monoisotopic (exact) mass is 392 g/mol. The molecule has 3 aromatic rings. The van der Waals surface area contributed by atoms with Gasteiger partial charge in [-0.25, -0.2) is 5.10 Å². The summed E-state index contributed by atoms with van der Waals surface area (Å²) in [6, 6.07) is 14.9. The zero-order valence-electron chi connectivity index (χ0n) is 16.4. The molecular weight excluding hydrogens is 368 g/mol. The maximum atomic E-state index is 12.9. The standard InChI is InChI=1S/C22H24N4O3/c1-29-19-11-5-4-10-17(19)18(26-12-6-7-13-26)14-23-22(28)20-15-8-2-3-9-16(15)21(27)25-24-20/h2-5,8-11,18H,6-7,12-14H2,1H3,(H,23,28)(H,25,27). The molecule has 1 aliphatic rings. The molecule has 1 fully saturated rings. The molecule has 7 nitrogen and oxygen atoms in total. The van der Waals surface area contributed by atoms with Crippen LogP contribution in [0.1, 0.15) is 34.9 Å². The van der Waals surface area contributed by atoms with Crippen molar-refractivity contribution in [3.63, 3.8) is 0 Å². The first kappa shape index (κ1) is 19.1. The van der Waals surface area contributed by atoms with Crippen molar-refractivity contribution in [2.24, 2.45) is 0 Å². The number of carbonyl (C=O) groups is 1. The molecule has 1 aliphatic heterocycles. The van der Waals surface area contributed by atoms with Crippen molar-refractivity contribution in [1.82, 2.24) is 20.4 Å². The molecule has 0 radical (unpaired) electrons. The van der Waals surface area contributed by atoms with Crippen LogP contribution in [0.15, 0.2) is 53.3 Å². The number of H-pyrrole nitrogens is 1. The highest BCUT2D eigenvalue weighted by Crippen LogP contribution is 2.31. The van der Waals surface area contributed by atoms with Crippen LogP contribution < -0.4 is 15.6 Å². The van der Waals surface area contributed by atoms with Crippen molar-refractivity contribution in [1.29, 1.82) is 0 Å². The van der Waals surface area contributed by atoms with Gasteiger partial charge in [-0.1, -0.05) is 36.4 Å². The Morgan fingerprint density at radius 1 is 1.14 bits per heavy atom. The molecule has 2 aromatic carbocycles. The van der Waals surface area contributed by atoms with Crippen molar-refractivity contribution < 1.29 is 9.53 Å². The smallest absolute Gasteiger partial charge is 0.272 e. The Hall–Kier alpha value is -3.19. The van der Waals surface area contributed by atoms with Crippen molar-refractivity contribution in [2.75, 3.05) is 26.7 Å². The first-order valence-electron chi connectivity index (χ1n) is 9.81. The number of hydrogen-bond acceptors (Lipinski definition) is 5. The number of hydrogen-bond donors (Lipinski definition) is 2. The number of aromatic nitrogens is 2. The molecule has 0 spiro atoms. The van der Waals surface area contributed by atoms with E-state index in [-0.39, 0.29) is 23.2 Å². The highest BCUT2D eigenvalue weighted by molar-refractivity contribution is 6.04. The minimum Gasteiger partial charge on any atom is -0.496 e. The summed E-state index contributed by atoms with van der Waals surface area (Å²) in [4.78, 5) is 27.3. The molecule has 150 valence electrons. The van der Waals surface area contributed by atoms with E-state index < -0.39 is 0 Å². The van der Waals surface area contributed by atoms with Gasteiger partial charge in [0.25, 0.3) is 11.5 Å². The fraction of sp³-hybridized carbons (Fsp3) is 0.318. The van der Waals surface area contributed by atoms with E-state index >= 15 is 0 Å². The highest BCUT2D eigenvalue weighted by Gasteiger charge is 2.27. The molecule has 1 unspecified atom stereocenters. The second kappa shape index (κ2) is 8.45. The predicted octanol–water partition coefficient (Wildman–Crippen LogP) is 2.50. The van der Waals surface area contributed by atoms with Crippen molar-refractivity contribution in [3.05, 3.63) is 70.1 Å². The summed E-state index contributed by atoms with van der Waals surface area (Å²) in [6.45, 7) is 2.39. The third-order valence-corrected chi connectivity index (χ3v) is 5.45. The average molecular weight is 392 g/mol. The molecule has 7 heteroatoms. The number of carbonyl (C=O) groups excluding carboxylic acids is 1. The second-order valence-electron chi connectivity index (χ2n) is 7.16. The molecule has 1 saturated heterocycles. The van der Waals surface area contributed by atoms with Gasteiger partial charge in [0, 0.05) is 17.5 Å². The maximum absolute atomic E-state index is 12.9. The molecule has 4 rings (SSSR count). The molecule has 1 aromatic heterocycles. The first-order chi connectivity index (χ1) is 14.2. The van der Waals surface area contributed by atoms with E-state index in [9.17, 15) is 9.59 Å². The van der Waals surface area contributed by atoms with E-state index in [1.807, 2.05) is 24.3 Å². The summed E-state index contributed by atoms with van der Waals surface area (Å²) in [7, 11) is 1.66. The number of para-hydroxylation sites is 1. The molecule has 29 heavy (non-hydrogen) atoms. The summed E-state index contributed by atoms with van der Waals surface area (Å²) < 4.78 is 5.56. The van der Waals surface area contributed by atoms with Crippen LogP contribution in [0.4, 0.5) is 0 Å². The number of ether oxygens (including phenoxy) is 1. The van der Waals surface area contributed by atoms with Gasteiger partial charge < -0.3 is 10.1 Å². The number of methoxy groups -OCH3 is 1. The van der Waals surface area contributed by atoms with Gasteiger partial charge in [-0.2, -0.15) is 5.10 Å². The van der Waals surface area contributed by atoms with Crippen LogP contribution in [0.5, 0.6) is 5.75 Å². The number of nitrogens with zero attached hydrogens (tertiary/aromatic N) is 2. The second-order valence-corrected chi connectivity index (χ2v) is 7.16. The first-order valence-corrected chi connectivity index (χ1v) is 9.81. The Labute approximate surface area is 168 Å². The molecule has 2 N–H and O–H groups in total. The average Bonchev–Trinajstić information content (AvgIpc) is 3.29. The number of fused-ring (bicyclic) bond motifs is 1. The summed E-state index contributed by atoms with van der Waals surface area (Å²) in [5, 5.41) is 10.4. The highest BCUT2D eigenvalue weighted by atomic mass is 16.5. The van der Waals surface area contributed by atoms with E-state index in [0.717, 1.165) is 37.2 Å². The number of aromatic amines is 1. The Morgan fingerprint density at radius 2 is 1.83 bits per heavy atom. The van der Waals surface area contributed by atoms with Gasteiger partial charge in [0.05, 0.1) is 18.5 Å². The van der Waals surface area contributed by atoms with Crippen molar-refractivity contribution in [3.8, 4) is 5.75 Å². The molecule has 1 amide bonds. The number of likely N-dealkylation sites (tertiary alicyclic amines) is 1. The lowest BCUT2D eigenvalue weighted by atomic mass is 10.0. The molecule has 0 aliphatic carbocycles. The largest absolute Gasteiger partial charge is 0.496 e. The van der Waals surface area contributed by atoms with Crippen LogP contribution in [-0.4, -0.2) is 47.7 Å². The topological polar surface area (TPSA) is 87.3 Å². The van der Waals surface area contributed by atoms with Gasteiger partial charge in [-0.15, -0.1) is 0 Å². The number of rotatable bonds is 6. The van der Waals surface area contributed by atoms with Gasteiger partial charge >= 0.3 is 0 Å². The van der Waals surface area contributed by atoms with E-state index in [1.54, 1.807) is 31.4 Å². The van der Waals surface area contributed by atoms with Gasteiger partial charge in [0.2, 0.25) is 0 Å². The number of amides is 1. The van der Waals surface area contributed by atoms with Crippen LogP contribution in [0.25, 0.3) is 10.8 Å². The quantitative estimate of drug-likeness (QED) is 0.673. The van der Waals surface area contributed by atoms with Gasteiger partial charge in [0.1, 0.15) is 5.75 Å².